The van der Waals surface area contributed by atoms with Crippen LogP contribution in [0.15, 0.2) is 77.8 Å². The van der Waals surface area contributed by atoms with E-state index >= 15 is 0 Å². The predicted molar refractivity (Wildman–Crippen MR) is 158 cm³/mol. The van der Waals surface area contributed by atoms with Crippen molar-refractivity contribution in [2.24, 2.45) is 4.99 Å². The van der Waals surface area contributed by atoms with Crippen LogP contribution in [0.1, 0.15) is 26.7 Å². The third-order valence-corrected chi connectivity index (χ3v) is 6.66. The molecule has 3 aromatic carbocycles. The summed E-state index contributed by atoms with van der Waals surface area (Å²) in [6.07, 6.45) is 2.01. The van der Waals surface area contributed by atoms with Gasteiger partial charge < -0.3 is 20.3 Å². The molecule has 0 spiro atoms. The topological polar surface area (TPSA) is 69.2 Å². The highest BCUT2D eigenvalue weighted by Gasteiger charge is 2.19. The van der Waals surface area contributed by atoms with Gasteiger partial charge in [0.05, 0.1) is 18.5 Å². The zero-order valence-corrected chi connectivity index (χ0v) is 22.7. The van der Waals surface area contributed by atoms with E-state index in [-0.39, 0.29) is 6.03 Å². The average molecular weight is 514 g/mol. The van der Waals surface area contributed by atoms with Gasteiger partial charge in [0.2, 0.25) is 0 Å². The van der Waals surface area contributed by atoms with Crippen molar-refractivity contribution in [3.05, 3.63) is 72.8 Å². The minimum Gasteiger partial charge on any atom is -0.495 e. The molecule has 0 aliphatic carbocycles. The number of benzene rings is 3. The Hall–Kier alpha value is -3.84. The maximum absolute atomic E-state index is 12.3. The second-order valence-corrected chi connectivity index (χ2v) is 9.78. The Kier molecular flexibility index (Phi) is 9.76. The van der Waals surface area contributed by atoms with Gasteiger partial charge in [-0.3, -0.25) is 9.89 Å². The van der Waals surface area contributed by atoms with Crippen molar-refractivity contribution in [2.45, 2.75) is 26.7 Å². The van der Waals surface area contributed by atoms with Gasteiger partial charge >= 0.3 is 6.03 Å². The van der Waals surface area contributed by atoms with Crippen molar-refractivity contribution in [3.8, 4) is 16.9 Å². The number of carbonyl (C=O) groups is 1. The molecular weight excluding hydrogens is 474 g/mol. The number of piperazine rings is 1. The first kappa shape index (κ1) is 27.2. The molecule has 0 atom stereocenters. The summed E-state index contributed by atoms with van der Waals surface area (Å²) in [4.78, 5) is 21.8. The van der Waals surface area contributed by atoms with Crippen LogP contribution in [0.3, 0.4) is 0 Å². The highest BCUT2D eigenvalue weighted by molar-refractivity contribution is 5.89. The number of hydrogen-bond donors (Lipinski definition) is 2. The van der Waals surface area contributed by atoms with Gasteiger partial charge in [0.15, 0.2) is 0 Å². The number of methoxy groups -OCH3 is 1. The monoisotopic (exact) mass is 513 g/mol. The first-order valence-electron chi connectivity index (χ1n) is 13.4. The lowest BCUT2D eigenvalue weighted by atomic mass is 10.0. The summed E-state index contributed by atoms with van der Waals surface area (Å²) in [6, 6.07) is 24.1. The lowest BCUT2D eigenvalue weighted by molar-refractivity contribution is 0.246. The summed E-state index contributed by atoms with van der Waals surface area (Å²) in [7, 11) is 1.73. The molecule has 0 bridgehead atoms. The molecule has 0 aromatic heterocycles. The van der Waals surface area contributed by atoms with E-state index < -0.39 is 0 Å². The minimum absolute atomic E-state index is 0.169. The summed E-state index contributed by atoms with van der Waals surface area (Å²) < 4.78 is 5.51. The Labute approximate surface area is 226 Å². The molecule has 1 aliphatic rings. The second-order valence-electron chi connectivity index (χ2n) is 9.78. The third-order valence-electron chi connectivity index (χ3n) is 6.66. The van der Waals surface area contributed by atoms with Crippen LogP contribution in [0.4, 0.5) is 21.9 Å². The molecule has 4 rings (SSSR count). The van der Waals surface area contributed by atoms with E-state index in [0.717, 1.165) is 79.5 Å². The second kappa shape index (κ2) is 13.6. The maximum Gasteiger partial charge on any atom is 0.319 e. The molecule has 1 saturated heterocycles. The Morgan fingerprint density at radius 2 is 1.66 bits per heavy atom. The Morgan fingerprint density at radius 3 is 2.39 bits per heavy atom. The number of amides is 2. The molecule has 0 unspecified atom stereocenters. The number of anilines is 2. The Morgan fingerprint density at radius 1 is 0.895 bits per heavy atom. The molecule has 7 heteroatoms. The first-order valence-corrected chi connectivity index (χ1v) is 13.4. The molecule has 2 N–H and O–H groups in total. The van der Waals surface area contributed by atoms with Gasteiger partial charge in [-0.2, -0.15) is 0 Å². The fourth-order valence-electron chi connectivity index (χ4n) is 4.70. The van der Waals surface area contributed by atoms with Crippen molar-refractivity contribution >= 4 is 28.8 Å². The van der Waals surface area contributed by atoms with Crippen molar-refractivity contribution in [1.29, 1.82) is 0 Å². The first-order chi connectivity index (χ1) is 18.5. The van der Waals surface area contributed by atoms with E-state index in [1.54, 1.807) is 7.11 Å². The van der Waals surface area contributed by atoms with Crippen molar-refractivity contribution < 1.29 is 9.53 Å². The van der Waals surface area contributed by atoms with Gasteiger partial charge in [-0.05, 0) is 80.8 Å². The van der Waals surface area contributed by atoms with Crippen LogP contribution in [0.25, 0.3) is 11.1 Å². The zero-order chi connectivity index (χ0) is 26.7. The molecule has 1 aliphatic heterocycles. The fourth-order valence-corrected chi connectivity index (χ4v) is 4.70. The van der Waals surface area contributed by atoms with E-state index in [9.17, 15) is 4.79 Å². The third kappa shape index (κ3) is 7.83. The quantitative estimate of drug-likeness (QED) is 0.250. The van der Waals surface area contributed by atoms with Crippen molar-refractivity contribution in [1.82, 2.24) is 10.2 Å². The normalized spacial score (nSPS) is 13.6. The van der Waals surface area contributed by atoms with Gasteiger partial charge in [0.25, 0.3) is 0 Å². The van der Waals surface area contributed by atoms with E-state index in [2.05, 4.69) is 49.7 Å². The highest BCUT2D eigenvalue weighted by atomic mass is 16.5. The van der Waals surface area contributed by atoms with Gasteiger partial charge in [-0.1, -0.05) is 36.4 Å². The Balaban J connectivity index is 1.13. The lowest BCUT2D eigenvalue weighted by Gasteiger charge is -2.36. The summed E-state index contributed by atoms with van der Waals surface area (Å²) in [5.41, 5.74) is 6.10. The zero-order valence-electron chi connectivity index (χ0n) is 22.7. The average Bonchev–Trinajstić information content (AvgIpc) is 2.93. The summed E-state index contributed by atoms with van der Waals surface area (Å²) >= 11 is 0. The summed E-state index contributed by atoms with van der Waals surface area (Å²) in [6.45, 7) is 9.77. The maximum atomic E-state index is 12.3. The van der Waals surface area contributed by atoms with Crippen molar-refractivity contribution in [2.75, 3.05) is 56.6 Å². The number of ether oxygens (including phenoxy) is 1. The lowest BCUT2D eigenvalue weighted by Crippen LogP contribution is -2.46. The molecule has 38 heavy (non-hydrogen) atoms. The summed E-state index contributed by atoms with van der Waals surface area (Å²) in [5.74, 6) is 0.934. The summed E-state index contributed by atoms with van der Waals surface area (Å²) in [5, 5.41) is 5.91. The molecule has 200 valence electrons. The molecule has 0 radical (unpaired) electrons. The SMILES string of the molecule is COc1ccccc1N1CCN(CCCCNC(=O)Nc2ccc(-c3cccc(N=C(C)C)c3)cc2)CC1. The van der Waals surface area contributed by atoms with Gasteiger partial charge in [-0.25, -0.2) is 4.79 Å². The Bertz CT molecular complexity index is 1210. The van der Waals surface area contributed by atoms with E-state index in [0.29, 0.717) is 6.54 Å². The van der Waals surface area contributed by atoms with Gasteiger partial charge in [0, 0.05) is 44.1 Å². The number of carbonyl (C=O) groups excluding carboxylic acids is 1. The van der Waals surface area contributed by atoms with Crippen LogP contribution in [0.5, 0.6) is 5.75 Å². The number of para-hydroxylation sites is 2. The number of nitrogens with one attached hydrogen (secondary N) is 2. The molecule has 2 amide bonds. The van der Waals surface area contributed by atoms with Gasteiger partial charge in [-0.15, -0.1) is 0 Å². The van der Waals surface area contributed by atoms with Crippen LogP contribution in [-0.2, 0) is 0 Å². The van der Waals surface area contributed by atoms with Gasteiger partial charge in [0.1, 0.15) is 5.75 Å². The number of urea groups is 1. The molecule has 7 nitrogen and oxygen atoms in total. The molecule has 0 saturated carbocycles. The number of rotatable bonds is 10. The molecule has 1 fully saturated rings. The van der Waals surface area contributed by atoms with E-state index in [1.807, 2.05) is 62.4 Å². The van der Waals surface area contributed by atoms with Crippen molar-refractivity contribution in [3.63, 3.8) is 0 Å². The van der Waals surface area contributed by atoms with Crippen LogP contribution in [0, 0.1) is 0 Å². The minimum atomic E-state index is -0.169. The fraction of sp³-hybridized carbons (Fsp3) is 0.355. The van der Waals surface area contributed by atoms with E-state index in [4.69, 9.17) is 4.74 Å². The van der Waals surface area contributed by atoms with Crippen LogP contribution in [0.2, 0.25) is 0 Å². The van der Waals surface area contributed by atoms with E-state index in [1.165, 1.54) is 5.69 Å². The van der Waals surface area contributed by atoms with Crippen LogP contribution >= 0.6 is 0 Å². The predicted octanol–water partition coefficient (Wildman–Crippen LogP) is 6.20. The highest BCUT2D eigenvalue weighted by Crippen LogP contribution is 2.28. The molecular formula is C31H39N5O2. The number of nitrogens with zero attached hydrogens (tertiary/aromatic N) is 3. The largest absolute Gasteiger partial charge is 0.495 e. The van der Waals surface area contributed by atoms with Crippen LogP contribution < -0.4 is 20.3 Å². The number of aliphatic imine (C=N–C) groups is 1. The number of unbranched alkanes of at least 4 members (excludes halogenated alkanes) is 1. The standard InChI is InChI=1S/C31H39N5O2/c1-24(2)33-28-10-8-9-26(23-28)25-13-15-27(16-14-25)34-31(37)32-17-6-7-18-35-19-21-36(22-20-35)29-11-4-5-12-30(29)38-3/h4-5,8-16,23H,6-7,17-22H2,1-3H3,(H2,32,34,37). The molecule has 1 heterocycles. The smallest absolute Gasteiger partial charge is 0.319 e. The van der Waals surface area contributed by atoms with Crippen LogP contribution in [-0.4, -0.2) is 63.0 Å². The molecule has 3 aromatic rings. The number of hydrogen-bond acceptors (Lipinski definition) is 5.